The zero-order valence-corrected chi connectivity index (χ0v) is 12.3. The number of rotatable bonds is 7. The fourth-order valence-corrected chi connectivity index (χ4v) is 1.88. The normalized spacial score (nSPS) is 10.8. The number of carbonyl (C=O) groups excluding carboxylic acids is 1. The van der Waals surface area contributed by atoms with E-state index in [0.29, 0.717) is 0 Å². The summed E-state index contributed by atoms with van der Waals surface area (Å²) in [4.78, 5) is 20.8. The first-order valence-corrected chi connectivity index (χ1v) is 6.49. The molecule has 0 bridgehead atoms. The average molecular weight is 286 g/mol. The number of hydrogen-bond donors (Lipinski definition) is 2. The van der Waals surface area contributed by atoms with Gasteiger partial charge < -0.3 is 11.1 Å². The van der Waals surface area contributed by atoms with Gasteiger partial charge in [0, 0.05) is 24.3 Å². The highest BCUT2D eigenvalue weighted by Gasteiger charge is 2.06. The van der Waals surface area contributed by atoms with Gasteiger partial charge in [0.2, 0.25) is 11.2 Å². The van der Waals surface area contributed by atoms with Gasteiger partial charge in [-0.3, -0.25) is 9.69 Å². The van der Waals surface area contributed by atoms with E-state index < -0.39 is 0 Å². The van der Waals surface area contributed by atoms with Crippen molar-refractivity contribution in [2.24, 2.45) is 5.73 Å². The van der Waals surface area contributed by atoms with Gasteiger partial charge in [-0.15, -0.1) is 0 Å². The number of nitrogens with one attached hydrogen (secondary N) is 1. The van der Waals surface area contributed by atoms with Crippen molar-refractivity contribution in [2.75, 3.05) is 32.0 Å². The van der Waals surface area contributed by atoms with E-state index in [1.54, 1.807) is 0 Å². The molecule has 0 aliphatic rings. The third kappa shape index (κ3) is 5.40. The molecule has 3 N–H and O–H groups in total. The van der Waals surface area contributed by atoms with Crippen molar-refractivity contribution in [2.45, 2.75) is 20.3 Å². The van der Waals surface area contributed by atoms with E-state index in [-0.39, 0.29) is 17.7 Å². The van der Waals surface area contributed by atoms with Crippen LogP contribution in [0.5, 0.6) is 0 Å². The number of halogens is 1. The molecule has 1 aromatic heterocycles. The van der Waals surface area contributed by atoms with Crippen molar-refractivity contribution >= 4 is 23.3 Å². The quantitative estimate of drug-likeness (QED) is 0.576. The van der Waals surface area contributed by atoms with Crippen LogP contribution >= 0.6 is 11.6 Å². The second kappa shape index (κ2) is 7.25. The monoisotopic (exact) mass is 285 g/mol. The van der Waals surface area contributed by atoms with Crippen LogP contribution in [0, 0.1) is 13.8 Å². The van der Waals surface area contributed by atoms with Crippen LogP contribution in [-0.4, -0.2) is 47.5 Å². The van der Waals surface area contributed by atoms with Gasteiger partial charge >= 0.3 is 0 Å². The van der Waals surface area contributed by atoms with E-state index in [1.807, 2.05) is 25.8 Å². The molecule has 0 aromatic carbocycles. The summed E-state index contributed by atoms with van der Waals surface area (Å²) in [5.74, 6) is 0.444. The van der Waals surface area contributed by atoms with Crippen LogP contribution in [0.1, 0.15) is 17.7 Å². The Bertz CT molecular complexity index is 452. The van der Waals surface area contributed by atoms with Crippen molar-refractivity contribution in [1.29, 1.82) is 0 Å². The minimum Gasteiger partial charge on any atom is -0.370 e. The number of aryl methyl sites for hydroxylation is 1. The lowest BCUT2D eigenvalue weighted by molar-refractivity contribution is -0.118. The fourth-order valence-electron chi connectivity index (χ4n) is 1.67. The van der Waals surface area contributed by atoms with Crippen molar-refractivity contribution in [3.63, 3.8) is 0 Å². The summed E-state index contributed by atoms with van der Waals surface area (Å²) >= 11 is 5.82. The molecule has 0 aliphatic carbocycles. The lowest BCUT2D eigenvalue weighted by atomic mass is 10.2. The molecular weight excluding hydrogens is 266 g/mol. The van der Waals surface area contributed by atoms with Crippen molar-refractivity contribution in [3.05, 3.63) is 16.5 Å². The van der Waals surface area contributed by atoms with Crippen LogP contribution in [0.4, 0.5) is 5.82 Å². The Kier molecular flexibility index (Phi) is 5.98. The summed E-state index contributed by atoms with van der Waals surface area (Å²) in [6, 6.07) is 0. The van der Waals surface area contributed by atoms with Gasteiger partial charge in [0.25, 0.3) is 0 Å². The Balaban J connectivity index is 2.39. The van der Waals surface area contributed by atoms with Crippen LogP contribution in [0.25, 0.3) is 0 Å². The maximum Gasteiger partial charge on any atom is 0.231 e. The molecule has 1 rings (SSSR count). The predicted octanol–water partition coefficient (Wildman–Crippen LogP) is 0.966. The minimum atomic E-state index is -0.315. The van der Waals surface area contributed by atoms with Crippen molar-refractivity contribution < 1.29 is 4.79 Å². The van der Waals surface area contributed by atoms with Gasteiger partial charge in [-0.1, -0.05) is 0 Å². The molecule has 0 atom stereocenters. The molecule has 19 heavy (non-hydrogen) atoms. The lowest BCUT2D eigenvalue weighted by Crippen LogP contribution is -2.32. The number of anilines is 1. The minimum absolute atomic E-state index is 0.247. The standard InChI is InChI=1S/C12H20ClN5O/c1-8-9(2)16-12(13)17-11(8)15-5-4-6-18(3)7-10(14)19/h4-7H2,1-3H3,(H2,14,19)(H,15,16,17). The molecule has 0 spiro atoms. The second-order valence-corrected chi connectivity index (χ2v) is 4.87. The third-order valence-electron chi connectivity index (χ3n) is 2.80. The molecule has 106 valence electrons. The van der Waals surface area contributed by atoms with E-state index in [4.69, 9.17) is 17.3 Å². The first kappa shape index (κ1) is 15.7. The molecule has 0 saturated heterocycles. The number of nitrogens with zero attached hydrogens (tertiary/aromatic N) is 3. The van der Waals surface area contributed by atoms with Crippen molar-refractivity contribution in [3.8, 4) is 0 Å². The first-order chi connectivity index (χ1) is 8.90. The van der Waals surface area contributed by atoms with Gasteiger partial charge in [-0.05, 0) is 38.9 Å². The molecule has 6 nitrogen and oxygen atoms in total. The number of aromatic nitrogens is 2. The number of hydrogen-bond acceptors (Lipinski definition) is 5. The van der Waals surface area contributed by atoms with E-state index >= 15 is 0 Å². The van der Waals surface area contributed by atoms with Crippen molar-refractivity contribution in [1.82, 2.24) is 14.9 Å². The summed E-state index contributed by atoms with van der Waals surface area (Å²) in [6.07, 6.45) is 0.879. The van der Waals surface area contributed by atoms with Crippen LogP contribution in [0.15, 0.2) is 0 Å². The maximum atomic E-state index is 10.7. The lowest BCUT2D eigenvalue weighted by Gasteiger charge is -2.15. The highest BCUT2D eigenvalue weighted by molar-refractivity contribution is 6.28. The number of carbonyl (C=O) groups is 1. The number of amides is 1. The van der Waals surface area contributed by atoms with Gasteiger partial charge in [0.1, 0.15) is 5.82 Å². The largest absolute Gasteiger partial charge is 0.370 e. The average Bonchev–Trinajstić information content (AvgIpc) is 2.29. The van der Waals surface area contributed by atoms with Crippen LogP contribution in [-0.2, 0) is 4.79 Å². The number of likely N-dealkylation sites (N-methyl/N-ethyl adjacent to an activating group) is 1. The van der Waals surface area contributed by atoms with E-state index in [9.17, 15) is 4.79 Å². The maximum absolute atomic E-state index is 10.7. The molecule has 0 radical (unpaired) electrons. The summed E-state index contributed by atoms with van der Waals surface area (Å²) in [6.45, 7) is 5.66. The topological polar surface area (TPSA) is 84.1 Å². The van der Waals surface area contributed by atoms with Gasteiger partial charge in [-0.25, -0.2) is 9.97 Å². The van der Waals surface area contributed by atoms with Gasteiger partial charge in [0.15, 0.2) is 0 Å². The highest BCUT2D eigenvalue weighted by Crippen LogP contribution is 2.16. The molecule has 0 fully saturated rings. The summed E-state index contributed by atoms with van der Waals surface area (Å²) < 4.78 is 0. The predicted molar refractivity (Wildman–Crippen MR) is 76.3 cm³/mol. The van der Waals surface area contributed by atoms with Gasteiger partial charge in [0.05, 0.1) is 6.54 Å². The fraction of sp³-hybridized carbons (Fsp3) is 0.583. The van der Waals surface area contributed by atoms with Gasteiger partial charge in [-0.2, -0.15) is 0 Å². The molecule has 1 heterocycles. The van der Waals surface area contributed by atoms with E-state index in [1.165, 1.54) is 0 Å². The molecule has 0 aliphatic heterocycles. The SMILES string of the molecule is Cc1nc(Cl)nc(NCCCN(C)CC(N)=O)c1C. The summed E-state index contributed by atoms with van der Waals surface area (Å²) in [5, 5.41) is 3.47. The summed E-state index contributed by atoms with van der Waals surface area (Å²) in [7, 11) is 1.86. The smallest absolute Gasteiger partial charge is 0.231 e. The van der Waals surface area contributed by atoms with Crippen LogP contribution in [0.3, 0.4) is 0 Å². The zero-order valence-electron chi connectivity index (χ0n) is 11.5. The second-order valence-electron chi connectivity index (χ2n) is 4.54. The Morgan fingerprint density at radius 1 is 1.42 bits per heavy atom. The Morgan fingerprint density at radius 3 is 2.74 bits per heavy atom. The first-order valence-electron chi connectivity index (χ1n) is 6.11. The Hall–Kier alpha value is -1.40. The number of nitrogens with two attached hydrogens (primary N) is 1. The summed E-state index contributed by atoms with van der Waals surface area (Å²) in [5.41, 5.74) is 6.98. The molecule has 0 unspecified atom stereocenters. The molecule has 1 aromatic rings. The zero-order chi connectivity index (χ0) is 14.4. The number of primary amides is 1. The molecule has 1 amide bonds. The Labute approximate surface area is 118 Å². The van der Waals surface area contributed by atoms with Crippen LogP contribution < -0.4 is 11.1 Å². The molecule has 0 saturated carbocycles. The molecule has 7 heteroatoms. The van der Waals surface area contributed by atoms with E-state index in [0.717, 1.165) is 36.6 Å². The van der Waals surface area contributed by atoms with Crippen LogP contribution in [0.2, 0.25) is 5.28 Å². The highest BCUT2D eigenvalue weighted by atomic mass is 35.5. The molecular formula is C12H20ClN5O. The third-order valence-corrected chi connectivity index (χ3v) is 2.97. The Morgan fingerprint density at radius 2 is 2.11 bits per heavy atom. The van der Waals surface area contributed by atoms with E-state index in [2.05, 4.69) is 15.3 Å².